The molecule has 0 bridgehead atoms. The summed E-state index contributed by atoms with van der Waals surface area (Å²) in [5, 5.41) is 3.39. The van der Waals surface area contributed by atoms with E-state index in [1.807, 2.05) is 6.21 Å². The minimum absolute atomic E-state index is 0.141. The highest BCUT2D eigenvalue weighted by atomic mass is 15.1. The molecule has 2 nitrogen and oxygen atoms in total. The van der Waals surface area contributed by atoms with Gasteiger partial charge in [0.2, 0.25) is 0 Å². The quantitative estimate of drug-likeness (QED) is 0.785. The molecular formula is C15H20N2. The Morgan fingerprint density at radius 3 is 2.94 bits per heavy atom. The summed E-state index contributed by atoms with van der Waals surface area (Å²) in [6, 6.07) is 0. The van der Waals surface area contributed by atoms with Crippen LogP contribution in [-0.4, -0.2) is 12.4 Å². The van der Waals surface area contributed by atoms with Gasteiger partial charge in [-0.3, -0.25) is 4.99 Å². The summed E-state index contributed by atoms with van der Waals surface area (Å²) in [7, 11) is 0. The van der Waals surface area contributed by atoms with E-state index >= 15 is 0 Å². The predicted molar refractivity (Wildman–Crippen MR) is 74.0 cm³/mol. The van der Waals surface area contributed by atoms with E-state index in [-0.39, 0.29) is 6.17 Å². The largest absolute Gasteiger partial charge is 0.364 e. The van der Waals surface area contributed by atoms with E-state index < -0.39 is 0 Å². The van der Waals surface area contributed by atoms with E-state index in [0.717, 1.165) is 25.0 Å². The van der Waals surface area contributed by atoms with Crippen LogP contribution in [0.5, 0.6) is 0 Å². The first-order valence-corrected chi connectivity index (χ1v) is 6.19. The number of allylic oxidation sites excluding steroid dienone is 4. The number of rotatable bonds is 3. The summed E-state index contributed by atoms with van der Waals surface area (Å²) in [6.07, 6.45) is 11.9. The van der Waals surface area contributed by atoms with Crippen LogP contribution < -0.4 is 5.32 Å². The van der Waals surface area contributed by atoms with E-state index in [2.05, 4.69) is 49.0 Å². The van der Waals surface area contributed by atoms with Crippen LogP contribution in [0, 0.1) is 0 Å². The second-order valence-corrected chi connectivity index (χ2v) is 4.74. The van der Waals surface area contributed by atoms with Crippen molar-refractivity contribution in [2.45, 2.75) is 39.3 Å². The van der Waals surface area contributed by atoms with Gasteiger partial charge in [-0.2, -0.15) is 0 Å². The molecule has 90 valence electrons. The summed E-state index contributed by atoms with van der Waals surface area (Å²) < 4.78 is 0. The fraction of sp³-hybridized carbons (Fsp3) is 0.400. The van der Waals surface area contributed by atoms with Gasteiger partial charge in [0.1, 0.15) is 6.17 Å². The lowest BCUT2D eigenvalue weighted by molar-refractivity contribution is 0.599. The molecule has 1 atom stereocenters. The molecule has 0 aromatic rings. The molecule has 1 N–H and O–H groups in total. The van der Waals surface area contributed by atoms with Crippen molar-refractivity contribution in [3.05, 3.63) is 47.2 Å². The van der Waals surface area contributed by atoms with Gasteiger partial charge in [0.15, 0.2) is 0 Å². The summed E-state index contributed by atoms with van der Waals surface area (Å²) in [5.74, 6) is 0. The van der Waals surface area contributed by atoms with Crippen LogP contribution in [0.4, 0.5) is 0 Å². The number of nitrogens with one attached hydrogen (secondary N) is 1. The highest BCUT2D eigenvalue weighted by molar-refractivity contribution is 5.78. The first-order chi connectivity index (χ1) is 8.16. The van der Waals surface area contributed by atoms with Crippen molar-refractivity contribution < 1.29 is 0 Å². The third kappa shape index (κ3) is 2.96. The van der Waals surface area contributed by atoms with Gasteiger partial charge in [0, 0.05) is 18.3 Å². The van der Waals surface area contributed by atoms with Crippen LogP contribution in [0.15, 0.2) is 52.2 Å². The molecule has 0 fully saturated rings. The molecule has 2 rings (SSSR count). The third-order valence-electron chi connectivity index (χ3n) is 3.22. The average Bonchev–Trinajstić information content (AvgIpc) is 2.32. The van der Waals surface area contributed by atoms with Crippen LogP contribution >= 0.6 is 0 Å². The molecule has 1 unspecified atom stereocenters. The number of hydrogen-bond acceptors (Lipinski definition) is 2. The second kappa shape index (κ2) is 5.17. The van der Waals surface area contributed by atoms with Crippen molar-refractivity contribution in [3.8, 4) is 0 Å². The summed E-state index contributed by atoms with van der Waals surface area (Å²) in [5.41, 5.74) is 4.89. The summed E-state index contributed by atoms with van der Waals surface area (Å²) >= 11 is 0. The van der Waals surface area contributed by atoms with Crippen molar-refractivity contribution >= 4 is 6.21 Å². The predicted octanol–water partition coefficient (Wildman–Crippen LogP) is 3.50. The molecule has 1 aliphatic heterocycles. The molecule has 17 heavy (non-hydrogen) atoms. The number of hydrogen-bond donors (Lipinski definition) is 1. The van der Waals surface area contributed by atoms with Crippen LogP contribution in [0.3, 0.4) is 0 Å². The number of nitrogens with zero attached hydrogens (tertiary/aromatic N) is 1. The Morgan fingerprint density at radius 2 is 2.29 bits per heavy atom. The van der Waals surface area contributed by atoms with Crippen molar-refractivity contribution in [1.29, 1.82) is 0 Å². The first kappa shape index (κ1) is 11.9. The van der Waals surface area contributed by atoms with Crippen LogP contribution in [0.2, 0.25) is 0 Å². The van der Waals surface area contributed by atoms with Gasteiger partial charge in [-0.25, -0.2) is 0 Å². The molecule has 2 aliphatic rings. The highest BCUT2D eigenvalue weighted by Gasteiger charge is 2.12. The molecule has 0 saturated heterocycles. The van der Waals surface area contributed by atoms with Crippen LogP contribution in [0.1, 0.15) is 33.1 Å². The van der Waals surface area contributed by atoms with Gasteiger partial charge in [0.05, 0.1) is 0 Å². The van der Waals surface area contributed by atoms with Crippen molar-refractivity contribution in [1.82, 2.24) is 5.32 Å². The molecule has 0 amide bonds. The SMILES string of the molecule is C=C(NC1CC=C(C)C=N1)C1=C(C)CCC=C1. The van der Waals surface area contributed by atoms with Crippen LogP contribution in [-0.2, 0) is 0 Å². The fourth-order valence-corrected chi connectivity index (χ4v) is 2.13. The zero-order valence-electron chi connectivity index (χ0n) is 10.7. The Kier molecular flexibility index (Phi) is 3.62. The fourth-order valence-electron chi connectivity index (χ4n) is 2.13. The second-order valence-electron chi connectivity index (χ2n) is 4.74. The number of aliphatic imine (C=N–C) groups is 1. The molecule has 0 spiro atoms. The Labute approximate surface area is 104 Å². The number of dihydropyridines is 1. The Morgan fingerprint density at radius 1 is 1.47 bits per heavy atom. The maximum absolute atomic E-state index is 4.46. The smallest absolute Gasteiger partial charge is 0.122 e. The van der Waals surface area contributed by atoms with E-state index in [4.69, 9.17) is 0 Å². The van der Waals surface area contributed by atoms with Gasteiger partial charge < -0.3 is 5.32 Å². The van der Waals surface area contributed by atoms with Gasteiger partial charge in [-0.15, -0.1) is 0 Å². The molecule has 0 aromatic carbocycles. The average molecular weight is 228 g/mol. The summed E-state index contributed by atoms with van der Waals surface area (Å²) in [6.45, 7) is 8.38. The van der Waals surface area contributed by atoms with E-state index in [0.29, 0.717) is 0 Å². The summed E-state index contributed by atoms with van der Waals surface area (Å²) in [4.78, 5) is 4.46. The zero-order chi connectivity index (χ0) is 12.3. The monoisotopic (exact) mass is 228 g/mol. The first-order valence-electron chi connectivity index (χ1n) is 6.19. The highest BCUT2D eigenvalue weighted by Crippen LogP contribution is 2.23. The van der Waals surface area contributed by atoms with Crippen molar-refractivity contribution in [2.24, 2.45) is 4.99 Å². The Bertz CT molecular complexity index is 436. The van der Waals surface area contributed by atoms with Gasteiger partial charge >= 0.3 is 0 Å². The Balaban J connectivity index is 1.99. The van der Waals surface area contributed by atoms with Crippen LogP contribution in [0.25, 0.3) is 0 Å². The standard InChI is InChI=1S/C15H20N2/c1-11-8-9-15(16-10-11)17-13(3)14-7-5-4-6-12(14)2/h5,7-8,10,15,17H,3-4,6,9H2,1-2H3. The van der Waals surface area contributed by atoms with Gasteiger partial charge in [0.25, 0.3) is 0 Å². The minimum atomic E-state index is 0.141. The maximum atomic E-state index is 4.46. The lowest BCUT2D eigenvalue weighted by Gasteiger charge is -2.22. The molecule has 2 heteroatoms. The Hall–Kier alpha value is -1.57. The minimum Gasteiger partial charge on any atom is -0.364 e. The maximum Gasteiger partial charge on any atom is 0.122 e. The van der Waals surface area contributed by atoms with E-state index in [1.165, 1.54) is 16.7 Å². The van der Waals surface area contributed by atoms with E-state index in [9.17, 15) is 0 Å². The molecule has 1 heterocycles. The lowest BCUT2D eigenvalue weighted by Crippen LogP contribution is -2.28. The molecule has 0 aromatic heterocycles. The van der Waals surface area contributed by atoms with Gasteiger partial charge in [-0.05, 0) is 37.8 Å². The van der Waals surface area contributed by atoms with Gasteiger partial charge in [-0.1, -0.05) is 30.4 Å². The molecule has 0 radical (unpaired) electrons. The topological polar surface area (TPSA) is 24.4 Å². The third-order valence-corrected chi connectivity index (χ3v) is 3.22. The van der Waals surface area contributed by atoms with Crippen molar-refractivity contribution in [3.63, 3.8) is 0 Å². The lowest BCUT2D eigenvalue weighted by atomic mass is 9.97. The molecule has 1 aliphatic carbocycles. The molecule has 0 saturated carbocycles. The normalized spacial score (nSPS) is 23.6. The molecular weight excluding hydrogens is 208 g/mol. The van der Waals surface area contributed by atoms with E-state index in [1.54, 1.807) is 0 Å². The zero-order valence-corrected chi connectivity index (χ0v) is 10.7. The van der Waals surface area contributed by atoms with Crippen molar-refractivity contribution in [2.75, 3.05) is 0 Å².